The Bertz CT molecular complexity index is 639. The number of guanidine groups is 1. The maximum absolute atomic E-state index is 4.62. The van der Waals surface area contributed by atoms with E-state index in [1.165, 1.54) is 16.0 Å². The molecule has 24 heavy (non-hydrogen) atoms. The molecule has 0 saturated heterocycles. The van der Waals surface area contributed by atoms with E-state index in [0.29, 0.717) is 6.54 Å². The smallest absolute Gasteiger partial charge is 0.191 e. The summed E-state index contributed by atoms with van der Waals surface area (Å²) in [5.41, 5.74) is 2.65. The van der Waals surface area contributed by atoms with Gasteiger partial charge in [-0.15, -0.1) is 35.3 Å². The average Bonchev–Trinajstić information content (AvgIpc) is 3.01. The molecule has 1 aromatic heterocycles. The summed E-state index contributed by atoms with van der Waals surface area (Å²) in [6.07, 6.45) is 3.98. The third kappa shape index (κ3) is 7.17. The minimum Gasteiger partial charge on any atom is -0.357 e. The first-order valence-corrected chi connectivity index (χ1v) is 9.04. The maximum Gasteiger partial charge on any atom is 0.191 e. The van der Waals surface area contributed by atoms with E-state index < -0.39 is 0 Å². The van der Waals surface area contributed by atoms with Crippen LogP contribution in [0.2, 0.25) is 0 Å². The van der Waals surface area contributed by atoms with Crippen LogP contribution in [0, 0.1) is 6.92 Å². The Morgan fingerprint density at radius 2 is 2.08 bits per heavy atom. The summed E-state index contributed by atoms with van der Waals surface area (Å²) < 4.78 is 0. The molecule has 0 aliphatic carbocycles. The van der Waals surface area contributed by atoms with Crippen molar-refractivity contribution in [2.75, 3.05) is 13.1 Å². The minimum absolute atomic E-state index is 0. The van der Waals surface area contributed by atoms with Gasteiger partial charge in [0.2, 0.25) is 0 Å². The van der Waals surface area contributed by atoms with Crippen molar-refractivity contribution < 1.29 is 0 Å². The Kier molecular flexibility index (Phi) is 9.94. The van der Waals surface area contributed by atoms with E-state index in [2.05, 4.69) is 65.6 Å². The predicted octanol–water partition coefficient (Wildman–Crippen LogP) is 3.93. The average molecular weight is 458 g/mol. The van der Waals surface area contributed by atoms with Gasteiger partial charge < -0.3 is 10.6 Å². The highest BCUT2D eigenvalue weighted by Crippen LogP contribution is 2.13. The van der Waals surface area contributed by atoms with Crippen LogP contribution in [0.25, 0.3) is 0 Å². The number of nitrogens with one attached hydrogen (secondary N) is 2. The molecule has 2 rings (SSSR count). The molecule has 0 atom stereocenters. The van der Waals surface area contributed by atoms with Gasteiger partial charge in [-0.1, -0.05) is 36.8 Å². The molecule has 132 valence electrons. The Hall–Kier alpha value is -1.15. The standard InChI is InChI=1S/C18H26N4S.HI/c1-4-16-12-21-17(23-16)13-22-18(19-5-2)20-10-9-15-8-6-7-14(3)11-15;/h6-8,11-12H,4-5,9-10,13H2,1-3H3,(H2,19,20,22);1H. The van der Waals surface area contributed by atoms with Crippen LogP contribution in [0.3, 0.4) is 0 Å². The first-order valence-electron chi connectivity index (χ1n) is 8.22. The van der Waals surface area contributed by atoms with Crippen LogP contribution in [0.5, 0.6) is 0 Å². The number of rotatable bonds is 7. The number of halogens is 1. The van der Waals surface area contributed by atoms with Crippen LogP contribution < -0.4 is 10.6 Å². The molecule has 0 fully saturated rings. The normalized spacial score (nSPS) is 11.0. The molecule has 2 N–H and O–H groups in total. The van der Waals surface area contributed by atoms with Crippen LogP contribution >= 0.6 is 35.3 Å². The number of hydrogen-bond acceptors (Lipinski definition) is 3. The van der Waals surface area contributed by atoms with Crippen molar-refractivity contribution in [2.45, 2.75) is 40.2 Å². The van der Waals surface area contributed by atoms with Gasteiger partial charge in [-0.25, -0.2) is 9.98 Å². The van der Waals surface area contributed by atoms with E-state index in [9.17, 15) is 0 Å². The molecule has 0 saturated carbocycles. The van der Waals surface area contributed by atoms with Crippen LogP contribution in [0.4, 0.5) is 0 Å². The van der Waals surface area contributed by atoms with E-state index in [1.807, 2.05) is 6.20 Å². The number of thiazole rings is 1. The first kappa shape index (κ1) is 20.9. The summed E-state index contributed by atoms with van der Waals surface area (Å²) in [6, 6.07) is 8.63. The van der Waals surface area contributed by atoms with Gasteiger partial charge in [-0.2, -0.15) is 0 Å². The lowest BCUT2D eigenvalue weighted by Crippen LogP contribution is -2.38. The van der Waals surface area contributed by atoms with Gasteiger partial charge in [-0.3, -0.25) is 0 Å². The van der Waals surface area contributed by atoms with Crippen LogP contribution in [-0.2, 0) is 19.4 Å². The Morgan fingerprint density at radius 1 is 1.25 bits per heavy atom. The van der Waals surface area contributed by atoms with Gasteiger partial charge in [-0.05, 0) is 32.3 Å². The van der Waals surface area contributed by atoms with Gasteiger partial charge >= 0.3 is 0 Å². The lowest BCUT2D eigenvalue weighted by molar-refractivity contribution is 0.798. The maximum atomic E-state index is 4.62. The molecule has 4 nitrogen and oxygen atoms in total. The number of hydrogen-bond donors (Lipinski definition) is 2. The molecule has 0 amide bonds. The summed E-state index contributed by atoms with van der Waals surface area (Å²) in [5.74, 6) is 0.855. The van der Waals surface area contributed by atoms with E-state index in [4.69, 9.17) is 0 Å². The predicted molar refractivity (Wildman–Crippen MR) is 115 cm³/mol. The topological polar surface area (TPSA) is 49.3 Å². The van der Waals surface area contributed by atoms with Crippen molar-refractivity contribution in [2.24, 2.45) is 4.99 Å². The fourth-order valence-corrected chi connectivity index (χ4v) is 3.05. The number of aromatic nitrogens is 1. The summed E-state index contributed by atoms with van der Waals surface area (Å²) in [6.45, 7) is 8.71. The van der Waals surface area contributed by atoms with Crippen LogP contribution in [0.1, 0.15) is 34.9 Å². The van der Waals surface area contributed by atoms with Gasteiger partial charge in [0.25, 0.3) is 0 Å². The van der Waals surface area contributed by atoms with Crippen molar-refractivity contribution in [3.8, 4) is 0 Å². The fraction of sp³-hybridized carbons (Fsp3) is 0.444. The van der Waals surface area contributed by atoms with Gasteiger partial charge in [0.15, 0.2) is 5.96 Å². The Morgan fingerprint density at radius 3 is 2.75 bits per heavy atom. The monoisotopic (exact) mass is 458 g/mol. The molecule has 2 aromatic rings. The number of aliphatic imine (C=N–C) groups is 1. The van der Waals surface area contributed by atoms with Crippen molar-refractivity contribution in [3.63, 3.8) is 0 Å². The zero-order valence-electron chi connectivity index (χ0n) is 14.6. The first-order chi connectivity index (χ1) is 11.2. The third-order valence-electron chi connectivity index (χ3n) is 3.46. The highest BCUT2D eigenvalue weighted by molar-refractivity contribution is 14.0. The zero-order valence-corrected chi connectivity index (χ0v) is 17.8. The van der Waals surface area contributed by atoms with E-state index in [0.717, 1.165) is 36.9 Å². The van der Waals surface area contributed by atoms with Crippen molar-refractivity contribution in [3.05, 3.63) is 51.5 Å². The molecule has 1 aromatic carbocycles. The Balaban J connectivity index is 0.00000288. The second-order valence-electron chi connectivity index (χ2n) is 5.43. The summed E-state index contributed by atoms with van der Waals surface area (Å²) >= 11 is 1.74. The summed E-state index contributed by atoms with van der Waals surface area (Å²) in [4.78, 5) is 10.3. The third-order valence-corrected chi connectivity index (χ3v) is 4.58. The summed E-state index contributed by atoms with van der Waals surface area (Å²) in [7, 11) is 0. The molecule has 0 aliphatic heterocycles. The zero-order chi connectivity index (χ0) is 16.5. The van der Waals surface area contributed by atoms with Crippen LogP contribution in [0.15, 0.2) is 35.5 Å². The molecule has 0 unspecified atom stereocenters. The number of nitrogens with zero attached hydrogens (tertiary/aromatic N) is 2. The Labute approximate surface area is 166 Å². The van der Waals surface area contributed by atoms with E-state index in [1.54, 1.807) is 11.3 Å². The lowest BCUT2D eigenvalue weighted by Gasteiger charge is -2.11. The van der Waals surface area contributed by atoms with Gasteiger partial charge in [0.05, 0.1) is 6.54 Å². The number of benzene rings is 1. The molecular weight excluding hydrogens is 431 g/mol. The lowest BCUT2D eigenvalue weighted by atomic mass is 10.1. The van der Waals surface area contributed by atoms with E-state index in [-0.39, 0.29) is 24.0 Å². The van der Waals surface area contributed by atoms with Crippen molar-refractivity contribution in [1.29, 1.82) is 0 Å². The van der Waals surface area contributed by atoms with Gasteiger partial charge in [0.1, 0.15) is 5.01 Å². The summed E-state index contributed by atoms with van der Waals surface area (Å²) in [5, 5.41) is 7.75. The molecule has 6 heteroatoms. The molecule has 0 spiro atoms. The highest BCUT2D eigenvalue weighted by Gasteiger charge is 2.02. The van der Waals surface area contributed by atoms with Crippen molar-refractivity contribution in [1.82, 2.24) is 15.6 Å². The van der Waals surface area contributed by atoms with Crippen LogP contribution in [-0.4, -0.2) is 24.0 Å². The second kappa shape index (κ2) is 11.4. The number of aryl methyl sites for hydroxylation is 2. The molecular formula is C18H27IN4S. The highest BCUT2D eigenvalue weighted by atomic mass is 127. The van der Waals surface area contributed by atoms with E-state index >= 15 is 0 Å². The molecule has 0 radical (unpaired) electrons. The SMILES string of the molecule is CCNC(=NCc1ncc(CC)s1)NCCc1cccc(C)c1.I. The largest absolute Gasteiger partial charge is 0.357 e. The van der Waals surface area contributed by atoms with Gasteiger partial charge in [0, 0.05) is 24.2 Å². The molecule has 0 aliphatic rings. The molecule has 1 heterocycles. The fourth-order valence-electron chi connectivity index (χ4n) is 2.27. The minimum atomic E-state index is 0. The van der Waals surface area contributed by atoms with Crippen molar-refractivity contribution >= 4 is 41.3 Å². The molecule has 0 bridgehead atoms. The second-order valence-corrected chi connectivity index (χ2v) is 6.63. The quantitative estimate of drug-likeness (QED) is 0.376.